The van der Waals surface area contributed by atoms with Gasteiger partial charge in [0.25, 0.3) is 0 Å². The van der Waals surface area contributed by atoms with Crippen LogP contribution in [0.15, 0.2) is 52.4 Å². The quantitative estimate of drug-likeness (QED) is 0.744. The van der Waals surface area contributed by atoms with E-state index in [1.165, 1.54) is 0 Å². The number of ether oxygens (including phenoxy) is 3. The monoisotopic (exact) mass is 339 g/mol. The average molecular weight is 339 g/mol. The van der Waals surface area contributed by atoms with Crippen molar-refractivity contribution in [3.05, 3.63) is 48.0 Å². The van der Waals surface area contributed by atoms with Crippen molar-refractivity contribution in [2.75, 3.05) is 13.4 Å². The Morgan fingerprint density at radius 2 is 1.92 bits per heavy atom. The molecule has 0 N–H and O–H groups in total. The molecule has 2 aromatic rings. The molecule has 0 aliphatic carbocycles. The molecule has 0 spiro atoms. The Labute approximate surface area is 142 Å². The van der Waals surface area contributed by atoms with E-state index in [9.17, 15) is 4.79 Å². The number of hydrogen-bond acceptors (Lipinski definition) is 6. The van der Waals surface area contributed by atoms with Crippen LogP contribution in [0.3, 0.4) is 0 Å². The predicted molar refractivity (Wildman–Crippen MR) is 89.1 cm³/mol. The molecule has 0 amide bonds. The van der Waals surface area contributed by atoms with E-state index < -0.39 is 0 Å². The van der Waals surface area contributed by atoms with Crippen LogP contribution in [0.1, 0.15) is 10.8 Å². The van der Waals surface area contributed by atoms with Crippen molar-refractivity contribution < 1.29 is 19.0 Å². The molecule has 3 aliphatic heterocycles. The molecule has 120 valence electrons. The van der Waals surface area contributed by atoms with E-state index in [1.807, 2.05) is 42.5 Å². The van der Waals surface area contributed by atoms with Crippen molar-refractivity contribution in [1.29, 1.82) is 0 Å². The molecule has 3 heterocycles. The molecule has 0 radical (unpaired) electrons. The van der Waals surface area contributed by atoms with Gasteiger partial charge in [-0.05, 0) is 29.8 Å². The second kappa shape index (κ2) is 5.27. The average Bonchev–Trinajstić information content (AvgIpc) is 3.16. The first-order valence-corrected chi connectivity index (χ1v) is 8.57. The highest BCUT2D eigenvalue weighted by Crippen LogP contribution is 2.50. The molecule has 1 saturated heterocycles. The minimum absolute atomic E-state index is 0.100. The predicted octanol–water partition coefficient (Wildman–Crippen LogP) is 3.51. The van der Waals surface area contributed by atoms with Gasteiger partial charge in [-0.2, -0.15) is 0 Å². The van der Waals surface area contributed by atoms with Gasteiger partial charge >= 0.3 is 5.97 Å². The minimum Gasteiger partial charge on any atom is -0.459 e. The molecule has 3 aliphatic rings. The summed E-state index contributed by atoms with van der Waals surface area (Å²) >= 11 is 1.64. The number of fused-ring (bicyclic) bond motifs is 3. The largest absolute Gasteiger partial charge is 0.459 e. The lowest BCUT2D eigenvalue weighted by Gasteiger charge is -2.20. The fraction of sp³-hybridized carbons (Fsp3) is 0.222. The Morgan fingerprint density at radius 3 is 2.88 bits per heavy atom. The summed E-state index contributed by atoms with van der Waals surface area (Å²) < 4.78 is 16.2. The lowest BCUT2D eigenvalue weighted by molar-refractivity contribution is -0.141. The molecule has 2 unspecified atom stereocenters. The first-order valence-electron chi connectivity index (χ1n) is 7.69. The first-order chi connectivity index (χ1) is 11.8. The third-order valence-electron chi connectivity index (χ3n) is 4.39. The summed E-state index contributed by atoms with van der Waals surface area (Å²) in [6.07, 6.45) is 0. The van der Waals surface area contributed by atoms with Gasteiger partial charge in [0.05, 0.1) is 16.6 Å². The summed E-state index contributed by atoms with van der Waals surface area (Å²) in [7, 11) is 0. The van der Waals surface area contributed by atoms with Gasteiger partial charge in [-0.1, -0.05) is 18.2 Å². The Kier molecular flexibility index (Phi) is 3.06. The number of nitrogens with zero attached hydrogens (tertiary/aromatic N) is 1. The second-order valence-electron chi connectivity index (χ2n) is 5.81. The molecule has 0 bridgehead atoms. The molecule has 5 nitrogen and oxygen atoms in total. The number of carbonyl (C=O) groups excluding carboxylic acids is 1. The maximum atomic E-state index is 12.4. The number of hydrogen-bond donors (Lipinski definition) is 0. The van der Waals surface area contributed by atoms with Gasteiger partial charge in [0.2, 0.25) is 6.79 Å². The van der Waals surface area contributed by atoms with Crippen LogP contribution in [0, 0.1) is 5.92 Å². The van der Waals surface area contributed by atoms with E-state index in [-0.39, 0.29) is 30.5 Å². The SMILES string of the molecule is O=C1OCC2=Nc3ccccc3SC(c3ccc4c(c3)OCO4)C12. The van der Waals surface area contributed by atoms with Gasteiger partial charge < -0.3 is 14.2 Å². The molecule has 1 fully saturated rings. The number of carbonyl (C=O) groups is 1. The van der Waals surface area contributed by atoms with Crippen molar-refractivity contribution in [2.45, 2.75) is 10.1 Å². The summed E-state index contributed by atoms with van der Waals surface area (Å²) in [5.41, 5.74) is 2.70. The van der Waals surface area contributed by atoms with Crippen molar-refractivity contribution in [3.63, 3.8) is 0 Å². The standard InChI is InChI=1S/C18H13NO4S/c20-18-16-12(8-21-18)19-11-3-1-2-4-15(11)24-17(16)10-5-6-13-14(7-10)23-9-22-13/h1-7,16-17H,8-9H2. The van der Waals surface area contributed by atoms with Gasteiger partial charge in [-0.3, -0.25) is 9.79 Å². The molecule has 0 saturated carbocycles. The van der Waals surface area contributed by atoms with Crippen molar-refractivity contribution in [3.8, 4) is 11.5 Å². The van der Waals surface area contributed by atoms with Crippen molar-refractivity contribution in [1.82, 2.24) is 0 Å². The van der Waals surface area contributed by atoms with Crippen LogP contribution in [0.5, 0.6) is 11.5 Å². The molecule has 24 heavy (non-hydrogen) atoms. The lowest BCUT2D eigenvalue weighted by Crippen LogP contribution is -2.21. The second-order valence-corrected chi connectivity index (χ2v) is 6.99. The van der Waals surface area contributed by atoms with E-state index in [2.05, 4.69) is 0 Å². The zero-order valence-electron chi connectivity index (χ0n) is 12.6. The fourth-order valence-corrected chi connectivity index (χ4v) is 4.57. The van der Waals surface area contributed by atoms with Gasteiger partial charge in [-0.15, -0.1) is 11.8 Å². The number of benzene rings is 2. The molecule has 0 aromatic heterocycles. The highest BCUT2D eigenvalue weighted by atomic mass is 32.2. The molecule has 2 atom stereocenters. The molecular weight excluding hydrogens is 326 g/mol. The van der Waals surface area contributed by atoms with Gasteiger partial charge in [0.15, 0.2) is 11.5 Å². The number of thioether (sulfide) groups is 1. The summed E-state index contributed by atoms with van der Waals surface area (Å²) in [6.45, 7) is 0.497. The Bertz CT molecular complexity index is 879. The Morgan fingerprint density at radius 1 is 1.04 bits per heavy atom. The highest BCUT2D eigenvalue weighted by Gasteiger charge is 2.43. The van der Waals surface area contributed by atoms with E-state index >= 15 is 0 Å². The molecule has 2 aromatic carbocycles. The maximum Gasteiger partial charge on any atom is 0.316 e. The summed E-state index contributed by atoms with van der Waals surface area (Å²) in [5, 5.41) is -0.100. The van der Waals surface area contributed by atoms with Crippen molar-refractivity contribution in [2.24, 2.45) is 10.9 Å². The van der Waals surface area contributed by atoms with E-state index in [0.717, 1.165) is 33.4 Å². The highest BCUT2D eigenvalue weighted by molar-refractivity contribution is 7.99. The first kappa shape index (κ1) is 13.9. The van der Waals surface area contributed by atoms with E-state index in [4.69, 9.17) is 19.2 Å². The number of esters is 1. The van der Waals surface area contributed by atoms with E-state index in [0.29, 0.717) is 0 Å². The van der Waals surface area contributed by atoms with Crippen LogP contribution in [0.4, 0.5) is 5.69 Å². The molecule has 6 heteroatoms. The van der Waals surface area contributed by atoms with Crippen LogP contribution in [-0.2, 0) is 9.53 Å². The van der Waals surface area contributed by atoms with Crippen LogP contribution in [-0.4, -0.2) is 25.1 Å². The van der Waals surface area contributed by atoms with Gasteiger partial charge in [0, 0.05) is 4.90 Å². The topological polar surface area (TPSA) is 57.1 Å². The maximum absolute atomic E-state index is 12.4. The van der Waals surface area contributed by atoms with Crippen LogP contribution in [0.25, 0.3) is 0 Å². The fourth-order valence-electron chi connectivity index (χ4n) is 3.22. The Hall–Kier alpha value is -2.47. The molecular formula is C18H13NO4S. The summed E-state index contributed by atoms with van der Waals surface area (Å²) in [4.78, 5) is 18.1. The lowest BCUT2D eigenvalue weighted by atomic mass is 9.95. The van der Waals surface area contributed by atoms with Crippen LogP contribution >= 0.6 is 11.8 Å². The smallest absolute Gasteiger partial charge is 0.316 e. The Balaban J connectivity index is 1.64. The summed E-state index contributed by atoms with van der Waals surface area (Å²) in [5.74, 6) is 0.871. The van der Waals surface area contributed by atoms with Crippen LogP contribution in [0.2, 0.25) is 0 Å². The number of aliphatic imine (C=N–C) groups is 1. The molecule has 5 rings (SSSR count). The van der Waals surface area contributed by atoms with E-state index in [1.54, 1.807) is 11.8 Å². The number of para-hydroxylation sites is 1. The minimum atomic E-state index is -0.372. The summed E-state index contributed by atoms with van der Waals surface area (Å²) in [6, 6.07) is 13.8. The van der Waals surface area contributed by atoms with Gasteiger partial charge in [0.1, 0.15) is 12.5 Å². The zero-order valence-corrected chi connectivity index (χ0v) is 13.4. The van der Waals surface area contributed by atoms with Crippen molar-refractivity contribution >= 4 is 29.1 Å². The van der Waals surface area contributed by atoms with Gasteiger partial charge in [-0.25, -0.2) is 0 Å². The van der Waals surface area contributed by atoms with Crippen LogP contribution < -0.4 is 9.47 Å². The normalized spacial score (nSPS) is 23.8. The number of cyclic esters (lactones) is 1. The third kappa shape index (κ3) is 2.10. The third-order valence-corrected chi connectivity index (χ3v) is 5.78. The number of rotatable bonds is 1. The zero-order chi connectivity index (χ0) is 16.1.